The van der Waals surface area contributed by atoms with Crippen LogP contribution in [0.4, 0.5) is 4.79 Å². The maximum absolute atomic E-state index is 11.9. The summed E-state index contributed by atoms with van der Waals surface area (Å²) in [6, 6.07) is 1.73. The lowest BCUT2D eigenvalue weighted by Crippen LogP contribution is -2.39. The van der Waals surface area contributed by atoms with Gasteiger partial charge in [-0.2, -0.15) is 0 Å². The molecule has 0 aliphatic carbocycles. The van der Waals surface area contributed by atoms with Gasteiger partial charge in [-0.3, -0.25) is 4.79 Å². The highest BCUT2D eigenvalue weighted by Crippen LogP contribution is 2.23. The molecule has 0 radical (unpaired) electrons. The third-order valence-electron chi connectivity index (χ3n) is 2.67. The minimum atomic E-state index is -0.505. The first kappa shape index (κ1) is 12.7. The number of carbonyl (C=O) groups is 2. The van der Waals surface area contributed by atoms with E-state index in [2.05, 4.69) is 0 Å². The maximum atomic E-state index is 11.9. The summed E-state index contributed by atoms with van der Waals surface area (Å²) >= 11 is 0. The Morgan fingerprint density at radius 1 is 1.50 bits per heavy atom. The summed E-state index contributed by atoms with van der Waals surface area (Å²) in [5.41, 5.74) is 0.492. The molecule has 0 aromatic carbocycles. The van der Waals surface area contributed by atoms with E-state index in [1.807, 2.05) is 20.8 Å². The molecule has 2 rings (SSSR count). The maximum Gasteiger partial charge on any atom is 0.410 e. The number of aldehydes is 1. The Balaban J connectivity index is 2.07. The van der Waals surface area contributed by atoms with E-state index in [1.54, 1.807) is 11.0 Å². The van der Waals surface area contributed by atoms with Gasteiger partial charge < -0.3 is 14.1 Å². The lowest BCUT2D eigenvalue weighted by atomic mass is 10.1. The number of amides is 1. The molecular weight excluding hydrogens is 234 g/mol. The van der Waals surface area contributed by atoms with Gasteiger partial charge in [-0.25, -0.2) is 4.79 Å². The predicted molar refractivity (Wildman–Crippen MR) is 64.4 cm³/mol. The van der Waals surface area contributed by atoms with Crippen molar-refractivity contribution < 1.29 is 18.7 Å². The van der Waals surface area contributed by atoms with Gasteiger partial charge >= 0.3 is 6.09 Å². The van der Waals surface area contributed by atoms with Gasteiger partial charge in [0.05, 0.1) is 6.54 Å². The molecular formula is C13H17NO4. The molecule has 0 N–H and O–H groups in total. The minimum Gasteiger partial charge on any atom is -0.456 e. The smallest absolute Gasteiger partial charge is 0.410 e. The van der Waals surface area contributed by atoms with E-state index in [1.165, 1.54) is 0 Å². The number of fused-ring (bicyclic) bond motifs is 1. The van der Waals surface area contributed by atoms with Crippen molar-refractivity contribution in [2.24, 2.45) is 0 Å². The van der Waals surface area contributed by atoms with Crippen LogP contribution in [0.5, 0.6) is 0 Å². The summed E-state index contributed by atoms with van der Waals surface area (Å²) in [4.78, 5) is 24.1. The molecule has 0 unspecified atom stereocenters. The Morgan fingerprint density at radius 3 is 2.83 bits per heavy atom. The number of nitrogens with zero attached hydrogens (tertiary/aromatic N) is 1. The second kappa shape index (κ2) is 4.48. The predicted octanol–water partition coefficient (Wildman–Crippen LogP) is 2.39. The van der Waals surface area contributed by atoms with Crippen LogP contribution in [-0.2, 0) is 17.7 Å². The van der Waals surface area contributed by atoms with Gasteiger partial charge in [0.15, 0.2) is 12.0 Å². The molecule has 0 saturated carbocycles. The topological polar surface area (TPSA) is 59.8 Å². The molecule has 1 aromatic heterocycles. The molecule has 1 amide bonds. The second-order valence-electron chi connectivity index (χ2n) is 5.37. The van der Waals surface area contributed by atoms with E-state index in [0.717, 1.165) is 5.56 Å². The number of furan rings is 1. The molecule has 1 aromatic rings. The van der Waals surface area contributed by atoms with Crippen molar-refractivity contribution in [1.82, 2.24) is 4.90 Å². The summed E-state index contributed by atoms with van der Waals surface area (Å²) in [6.07, 6.45) is 1.01. The molecule has 1 aliphatic heterocycles. The molecule has 0 saturated heterocycles. The Kier molecular flexibility index (Phi) is 3.15. The van der Waals surface area contributed by atoms with Crippen LogP contribution in [0.1, 0.15) is 42.6 Å². The highest BCUT2D eigenvalue weighted by atomic mass is 16.6. The molecule has 98 valence electrons. The fraction of sp³-hybridized carbons (Fsp3) is 0.538. The van der Waals surface area contributed by atoms with E-state index in [4.69, 9.17) is 9.15 Å². The third kappa shape index (κ3) is 2.72. The third-order valence-corrected chi connectivity index (χ3v) is 2.67. The Bertz CT molecular complexity index is 470. The Labute approximate surface area is 106 Å². The van der Waals surface area contributed by atoms with Crippen LogP contribution >= 0.6 is 0 Å². The summed E-state index contributed by atoms with van der Waals surface area (Å²) < 4.78 is 10.6. The fourth-order valence-electron chi connectivity index (χ4n) is 1.88. The van der Waals surface area contributed by atoms with Crippen LogP contribution in [0.3, 0.4) is 0 Å². The zero-order valence-electron chi connectivity index (χ0n) is 10.9. The summed E-state index contributed by atoms with van der Waals surface area (Å²) in [5.74, 6) is 0.986. The largest absolute Gasteiger partial charge is 0.456 e. The quantitative estimate of drug-likeness (QED) is 0.719. The first-order valence-electron chi connectivity index (χ1n) is 5.94. The minimum absolute atomic E-state index is 0.311. The van der Waals surface area contributed by atoms with E-state index in [0.29, 0.717) is 37.3 Å². The zero-order valence-corrected chi connectivity index (χ0v) is 10.9. The molecule has 0 atom stereocenters. The van der Waals surface area contributed by atoms with Gasteiger partial charge in [0, 0.05) is 6.54 Å². The van der Waals surface area contributed by atoms with E-state index in [9.17, 15) is 9.59 Å². The highest BCUT2D eigenvalue weighted by Gasteiger charge is 2.27. The first-order valence-corrected chi connectivity index (χ1v) is 5.94. The van der Waals surface area contributed by atoms with E-state index >= 15 is 0 Å². The van der Waals surface area contributed by atoms with Gasteiger partial charge in [-0.1, -0.05) is 0 Å². The van der Waals surface area contributed by atoms with E-state index < -0.39 is 5.60 Å². The van der Waals surface area contributed by atoms with Crippen molar-refractivity contribution >= 4 is 12.4 Å². The summed E-state index contributed by atoms with van der Waals surface area (Å²) in [6.45, 7) is 6.44. The molecule has 5 nitrogen and oxygen atoms in total. The Hall–Kier alpha value is -1.78. The Morgan fingerprint density at radius 2 is 2.22 bits per heavy atom. The van der Waals surface area contributed by atoms with Crippen LogP contribution in [0.15, 0.2) is 10.5 Å². The number of hydrogen-bond acceptors (Lipinski definition) is 4. The SMILES string of the molecule is CC(C)(C)OC(=O)N1CCc2cc(C=O)oc2C1. The van der Waals surface area contributed by atoms with Gasteiger partial charge in [-0.15, -0.1) is 0 Å². The number of carbonyl (C=O) groups excluding carboxylic acids is 2. The van der Waals surface area contributed by atoms with Crippen LogP contribution in [0.2, 0.25) is 0 Å². The monoisotopic (exact) mass is 251 g/mol. The second-order valence-corrected chi connectivity index (χ2v) is 5.37. The first-order chi connectivity index (χ1) is 8.39. The van der Waals surface area contributed by atoms with Crippen molar-refractivity contribution in [1.29, 1.82) is 0 Å². The molecule has 1 aliphatic rings. The molecule has 2 heterocycles. The van der Waals surface area contributed by atoms with E-state index in [-0.39, 0.29) is 6.09 Å². The van der Waals surface area contributed by atoms with Crippen molar-refractivity contribution in [2.45, 2.75) is 39.3 Å². The number of ether oxygens (including phenoxy) is 1. The van der Waals surface area contributed by atoms with Crippen LogP contribution in [0.25, 0.3) is 0 Å². The molecule has 0 bridgehead atoms. The average molecular weight is 251 g/mol. The van der Waals surface area contributed by atoms with Crippen LogP contribution < -0.4 is 0 Å². The van der Waals surface area contributed by atoms with Crippen LogP contribution in [0, 0.1) is 0 Å². The average Bonchev–Trinajstić information content (AvgIpc) is 2.68. The normalized spacial score (nSPS) is 15.2. The molecule has 0 fully saturated rings. The van der Waals surface area contributed by atoms with Crippen molar-refractivity contribution in [2.75, 3.05) is 6.54 Å². The van der Waals surface area contributed by atoms with Crippen LogP contribution in [-0.4, -0.2) is 29.4 Å². The highest BCUT2D eigenvalue weighted by molar-refractivity contribution is 5.72. The van der Waals surface area contributed by atoms with Gasteiger partial charge in [0.2, 0.25) is 0 Å². The standard InChI is InChI=1S/C13H17NO4/c1-13(2,3)18-12(16)14-5-4-9-6-10(8-15)17-11(9)7-14/h6,8H,4-5,7H2,1-3H3. The van der Waals surface area contributed by atoms with Gasteiger partial charge in [-0.05, 0) is 38.8 Å². The van der Waals surface area contributed by atoms with Crippen molar-refractivity contribution in [3.05, 3.63) is 23.2 Å². The summed E-state index contributed by atoms with van der Waals surface area (Å²) in [5, 5.41) is 0. The number of hydrogen-bond donors (Lipinski definition) is 0. The molecule has 0 spiro atoms. The van der Waals surface area contributed by atoms with Gasteiger partial charge in [0.1, 0.15) is 11.4 Å². The lowest BCUT2D eigenvalue weighted by Gasteiger charge is -2.29. The number of rotatable bonds is 1. The molecule has 18 heavy (non-hydrogen) atoms. The van der Waals surface area contributed by atoms with Gasteiger partial charge in [0.25, 0.3) is 0 Å². The lowest BCUT2D eigenvalue weighted by molar-refractivity contribution is 0.0209. The van der Waals surface area contributed by atoms with Crippen molar-refractivity contribution in [3.63, 3.8) is 0 Å². The molecule has 5 heteroatoms. The zero-order chi connectivity index (χ0) is 13.3. The summed E-state index contributed by atoms with van der Waals surface area (Å²) in [7, 11) is 0. The van der Waals surface area contributed by atoms with Crippen molar-refractivity contribution in [3.8, 4) is 0 Å². The fourth-order valence-corrected chi connectivity index (χ4v) is 1.88.